The van der Waals surface area contributed by atoms with Crippen molar-refractivity contribution in [2.24, 2.45) is 0 Å². The SMILES string of the molecule is N#C[C@H]1ON(Cc2ccccc2)[C@H](c2ccccc2)[C@@H]1Br. The Morgan fingerprint density at radius 2 is 1.67 bits per heavy atom. The Labute approximate surface area is 132 Å². The van der Waals surface area contributed by atoms with Crippen molar-refractivity contribution in [2.45, 2.75) is 23.5 Å². The fraction of sp³-hybridized carbons (Fsp3) is 0.235. The first-order valence-electron chi connectivity index (χ1n) is 6.85. The predicted octanol–water partition coefficient (Wildman–Crippen LogP) is 3.83. The molecular weight excluding hydrogens is 328 g/mol. The molecule has 106 valence electrons. The summed E-state index contributed by atoms with van der Waals surface area (Å²) < 4.78 is 0. The van der Waals surface area contributed by atoms with Crippen LogP contribution >= 0.6 is 15.9 Å². The molecule has 0 unspecified atom stereocenters. The van der Waals surface area contributed by atoms with Crippen LogP contribution in [0.4, 0.5) is 0 Å². The van der Waals surface area contributed by atoms with Gasteiger partial charge in [0.2, 0.25) is 0 Å². The summed E-state index contributed by atoms with van der Waals surface area (Å²) in [5, 5.41) is 11.2. The summed E-state index contributed by atoms with van der Waals surface area (Å²) in [4.78, 5) is 5.77. The van der Waals surface area contributed by atoms with Crippen LogP contribution in [0.15, 0.2) is 60.7 Å². The lowest BCUT2D eigenvalue weighted by molar-refractivity contribution is -0.157. The summed E-state index contributed by atoms with van der Waals surface area (Å²) in [5.74, 6) is 0. The molecule has 1 heterocycles. The zero-order chi connectivity index (χ0) is 14.7. The molecule has 1 saturated heterocycles. The van der Waals surface area contributed by atoms with Crippen LogP contribution in [-0.4, -0.2) is 16.0 Å². The zero-order valence-electron chi connectivity index (χ0n) is 11.4. The van der Waals surface area contributed by atoms with Gasteiger partial charge in [0, 0.05) is 6.54 Å². The molecule has 0 N–H and O–H groups in total. The standard InChI is InChI=1S/C17H15BrN2O/c18-16-15(11-19)21-20(12-13-7-3-1-4-8-13)17(16)14-9-5-2-6-10-14/h1-10,15-17H,12H2/t15-,16-,17-/m1/s1. The number of hydroxylamine groups is 2. The van der Waals surface area contributed by atoms with Crippen molar-refractivity contribution in [3.8, 4) is 6.07 Å². The molecule has 3 nitrogen and oxygen atoms in total. The van der Waals surface area contributed by atoms with E-state index < -0.39 is 6.10 Å². The third kappa shape index (κ3) is 3.01. The average Bonchev–Trinajstić information content (AvgIpc) is 2.85. The van der Waals surface area contributed by atoms with Crippen LogP contribution in [0.3, 0.4) is 0 Å². The summed E-state index contributed by atoms with van der Waals surface area (Å²) >= 11 is 3.63. The molecule has 1 aliphatic rings. The molecule has 3 atom stereocenters. The van der Waals surface area contributed by atoms with Gasteiger partial charge in [-0.15, -0.1) is 0 Å². The summed E-state index contributed by atoms with van der Waals surface area (Å²) in [6, 6.07) is 22.5. The molecule has 0 saturated carbocycles. The summed E-state index contributed by atoms with van der Waals surface area (Å²) in [6.07, 6.45) is -0.473. The highest BCUT2D eigenvalue weighted by atomic mass is 79.9. The number of hydrogen-bond acceptors (Lipinski definition) is 3. The molecule has 3 rings (SSSR count). The molecule has 0 amide bonds. The number of rotatable bonds is 3. The van der Waals surface area contributed by atoms with Gasteiger partial charge in [0.25, 0.3) is 0 Å². The van der Waals surface area contributed by atoms with Gasteiger partial charge in [0.05, 0.1) is 16.9 Å². The van der Waals surface area contributed by atoms with Gasteiger partial charge in [-0.25, -0.2) is 0 Å². The Bertz CT molecular complexity index is 626. The highest BCUT2D eigenvalue weighted by molar-refractivity contribution is 9.09. The molecule has 1 aliphatic heterocycles. The molecule has 1 fully saturated rings. The quantitative estimate of drug-likeness (QED) is 0.795. The third-order valence-corrected chi connectivity index (χ3v) is 4.58. The van der Waals surface area contributed by atoms with E-state index in [1.807, 2.05) is 41.5 Å². The second-order valence-electron chi connectivity index (χ2n) is 5.02. The minimum Gasteiger partial charge on any atom is -0.278 e. The van der Waals surface area contributed by atoms with E-state index in [0.29, 0.717) is 6.54 Å². The van der Waals surface area contributed by atoms with Crippen molar-refractivity contribution in [1.29, 1.82) is 5.26 Å². The van der Waals surface area contributed by atoms with E-state index >= 15 is 0 Å². The van der Waals surface area contributed by atoms with Crippen LogP contribution in [-0.2, 0) is 11.4 Å². The highest BCUT2D eigenvalue weighted by Crippen LogP contribution is 2.39. The normalized spacial score (nSPS) is 25.6. The molecule has 2 aromatic rings. The number of nitrogens with zero attached hydrogens (tertiary/aromatic N) is 2. The predicted molar refractivity (Wildman–Crippen MR) is 84.4 cm³/mol. The Morgan fingerprint density at radius 3 is 2.29 bits per heavy atom. The molecule has 0 aliphatic carbocycles. The number of benzene rings is 2. The summed E-state index contributed by atoms with van der Waals surface area (Å²) in [6.45, 7) is 0.653. The van der Waals surface area contributed by atoms with Gasteiger partial charge in [0.15, 0.2) is 6.10 Å². The average molecular weight is 343 g/mol. The Kier molecular flexibility index (Phi) is 4.35. The molecular formula is C17H15BrN2O. The molecule has 2 aromatic carbocycles. The Morgan fingerprint density at radius 1 is 1.05 bits per heavy atom. The second-order valence-corrected chi connectivity index (χ2v) is 6.07. The van der Waals surface area contributed by atoms with Crippen molar-refractivity contribution < 1.29 is 4.84 Å². The van der Waals surface area contributed by atoms with E-state index in [-0.39, 0.29) is 10.9 Å². The van der Waals surface area contributed by atoms with E-state index in [4.69, 9.17) is 4.84 Å². The summed E-state index contributed by atoms with van der Waals surface area (Å²) in [5.41, 5.74) is 2.31. The minimum absolute atomic E-state index is 0.0241. The largest absolute Gasteiger partial charge is 0.278 e. The maximum Gasteiger partial charge on any atom is 0.179 e. The highest BCUT2D eigenvalue weighted by Gasteiger charge is 2.42. The van der Waals surface area contributed by atoms with Gasteiger partial charge in [-0.3, -0.25) is 4.84 Å². The lowest BCUT2D eigenvalue weighted by atomic mass is 10.0. The number of alkyl halides is 1. The fourth-order valence-corrected chi connectivity index (χ4v) is 3.37. The van der Waals surface area contributed by atoms with Gasteiger partial charge < -0.3 is 0 Å². The van der Waals surface area contributed by atoms with Crippen molar-refractivity contribution >= 4 is 15.9 Å². The molecule has 0 spiro atoms. The van der Waals surface area contributed by atoms with Crippen LogP contribution in [0.1, 0.15) is 17.2 Å². The molecule has 4 heteroatoms. The maximum absolute atomic E-state index is 9.25. The first-order valence-corrected chi connectivity index (χ1v) is 7.77. The van der Waals surface area contributed by atoms with Crippen LogP contribution in [0.2, 0.25) is 0 Å². The van der Waals surface area contributed by atoms with Crippen molar-refractivity contribution in [3.63, 3.8) is 0 Å². The third-order valence-electron chi connectivity index (χ3n) is 3.60. The van der Waals surface area contributed by atoms with Gasteiger partial charge in [-0.2, -0.15) is 10.3 Å². The van der Waals surface area contributed by atoms with Crippen LogP contribution in [0.25, 0.3) is 0 Å². The van der Waals surface area contributed by atoms with Gasteiger partial charge in [-0.1, -0.05) is 76.6 Å². The Hall–Kier alpha value is -1.67. The molecule has 0 radical (unpaired) electrons. The number of hydrogen-bond donors (Lipinski definition) is 0. The lowest BCUT2D eigenvalue weighted by Gasteiger charge is -2.24. The van der Waals surface area contributed by atoms with Crippen LogP contribution in [0, 0.1) is 11.3 Å². The second kappa shape index (κ2) is 6.40. The summed E-state index contributed by atoms with van der Waals surface area (Å²) in [7, 11) is 0. The van der Waals surface area contributed by atoms with Gasteiger partial charge in [-0.05, 0) is 11.1 Å². The van der Waals surface area contributed by atoms with Crippen molar-refractivity contribution in [1.82, 2.24) is 5.06 Å². The first kappa shape index (κ1) is 14.3. The maximum atomic E-state index is 9.25. The van der Waals surface area contributed by atoms with Gasteiger partial charge in [0.1, 0.15) is 0 Å². The zero-order valence-corrected chi connectivity index (χ0v) is 13.0. The first-order chi connectivity index (χ1) is 10.3. The van der Waals surface area contributed by atoms with Crippen molar-refractivity contribution in [3.05, 3.63) is 71.8 Å². The molecule has 0 bridgehead atoms. The smallest absolute Gasteiger partial charge is 0.179 e. The molecule has 21 heavy (non-hydrogen) atoms. The molecule has 0 aromatic heterocycles. The Balaban J connectivity index is 1.88. The fourth-order valence-electron chi connectivity index (χ4n) is 2.59. The monoisotopic (exact) mass is 342 g/mol. The topological polar surface area (TPSA) is 36.3 Å². The van der Waals surface area contributed by atoms with E-state index in [1.54, 1.807) is 0 Å². The number of halogens is 1. The van der Waals surface area contributed by atoms with E-state index in [9.17, 15) is 5.26 Å². The van der Waals surface area contributed by atoms with Crippen LogP contribution < -0.4 is 0 Å². The minimum atomic E-state index is -0.473. The lowest BCUT2D eigenvalue weighted by Crippen LogP contribution is -2.24. The van der Waals surface area contributed by atoms with Crippen LogP contribution in [0.5, 0.6) is 0 Å². The van der Waals surface area contributed by atoms with Crippen molar-refractivity contribution in [2.75, 3.05) is 0 Å². The van der Waals surface area contributed by atoms with E-state index in [0.717, 1.165) is 11.1 Å². The van der Waals surface area contributed by atoms with Gasteiger partial charge >= 0.3 is 0 Å². The van der Waals surface area contributed by atoms with E-state index in [1.165, 1.54) is 0 Å². The van der Waals surface area contributed by atoms with E-state index in [2.05, 4.69) is 46.3 Å². The number of nitriles is 1.